The molecule has 0 aromatic rings. The normalized spacial score (nSPS) is 13.2. The molecule has 0 nitrogen and oxygen atoms in total. The predicted molar refractivity (Wildman–Crippen MR) is 61.9 cm³/mol. The third-order valence-corrected chi connectivity index (χ3v) is 1.98. The van der Waals surface area contributed by atoms with Gasteiger partial charge in [-0.25, -0.2) is 0 Å². The van der Waals surface area contributed by atoms with Crippen molar-refractivity contribution in [3.8, 4) is 0 Å². The molecule has 13 heavy (non-hydrogen) atoms. The smallest absolute Gasteiger partial charge is 0.0282 e. The molecule has 0 radical (unpaired) electrons. The quantitative estimate of drug-likeness (QED) is 0.519. The molecule has 76 valence electrons. The maximum Gasteiger partial charge on any atom is -0.0282 e. The first-order chi connectivity index (χ1) is 6.20. The van der Waals surface area contributed by atoms with Gasteiger partial charge >= 0.3 is 0 Å². The van der Waals surface area contributed by atoms with Crippen LogP contribution in [0.4, 0.5) is 0 Å². The van der Waals surface area contributed by atoms with Crippen LogP contribution in [0.3, 0.4) is 0 Å². The second-order valence-corrected chi connectivity index (χ2v) is 3.89. The zero-order chi connectivity index (χ0) is 10.1. The van der Waals surface area contributed by atoms with Gasteiger partial charge in [-0.3, -0.25) is 0 Å². The fourth-order valence-electron chi connectivity index (χ4n) is 1.21. The van der Waals surface area contributed by atoms with Crippen LogP contribution in [-0.4, -0.2) is 0 Å². The lowest BCUT2D eigenvalue weighted by Crippen LogP contribution is -1.83. The van der Waals surface area contributed by atoms with Crippen molar-refractivity contribution in [2.75, 3.05) is 0 Å². The van der Waals surface area contributed by atoms with Crippen molar-refractivity contribution in [2.45, 2.75) is 53.4 Å². The number of allylic oxidation sites excluding steroid dienone is 4. The zero-order valence-corrected chi connectivity index (χ0v) is 9.64. The minimum Gasteiger partial charge on any atom is -0.0817 e. The molecular weight excluding hydrogens is 156 g/mol. The number of hydrogen-bond donors (Lipinski definition) is 0. The number of unbranched alkanes of at least 4 members (excludes halogenated alkanes) is 1. The van der Waals surface area contributed by atoms with Crippen LogP contribution in [0.25, 0.3) is 0 Å². The summed E-state index contributed by atoms with van der Waals surface area (Å²) in [5.74, 6) is 0.668. The van der Waals surface area contributed by atoms with Crippen molar-refractivity contribution in [1.29, 1.82) is 0 Å². The Kier molecular flexibility index (Phi) is 7.77. The van der Waals surface area contributed by atoms with Crippen molar-refractivity contribution >= 4 is 0 Å². The highest BCUT2D eigenvalue weighted by molar-refractivity contribution is 5.18. The summed E-state index contributed by atoms with van der Waals surface area (Å²) in [7, 11) is 0. The lowest BCUT2D eigenvalue weighted by Gasteiger charge is -2.01. The van der Waals surface area contributed by atoms with Gasteiger partial charge in [-0.2, -0.15) is 0 Å². The highest BCUT2D eigenvalue weighted by Crippen LogP contribution is 2.11. The molecule has 0 atom stereocenters. The van der Waals surface area contributed by atoms with Gasteiger partial charge in [0.05, 0.1) is 0 Å². The molecule has 0 saturated heterocycles. The van der Waals surface area contributed by atoms with Crippen LogP contribution < -0.4 is 0 Å². The fourth-order valence-corrected chi connectivity index (χ4v) is 1.21. The molecule has 0 aromatic heterocycles. The van der Waals surface area contributed by atoms with Crippen LogP contribution in [0.2, 0.25) is 0 Å². The Morgan fingerprint density at radius 3 is 2.38 bits per heavy atom. The molecule has 0 N–H and O–H groups in total. The lowest BCUT2D eigenvalue weighted by molar-refractivity contribution is 0.788. The molecule has 0 aliphatic carbocycles. The number of rotatable bonds is 6. The Labute approximate surface area is 83.7 Å². The van der Waals surface area contributed by atoms with Gasteiger partial charge in [0.1, 0.15) is 0 Å². The van der Waals surface area contributed by atoms with Crippen molar-refractivity contribution in [3.63, 3.8) is 0 Å². The van der Waals surface area contributed by atoms with Gasteiger partial charge in [0.2, 0.25) is 0 Å². The third-order valence-electron chi connectivity index (χ3n) is 1.98. The fraction of sp³-hybridized carbons (Fsp3) is 0.692. The highest BCUT2D eigenvalue weighted by atomic mass is 14.0. The maximum absolute atomic E-state index is 2.34. The Morgan fingerprint density at radius 2 is 1.92 bits per heavy atom. The van der Waals surface area contributed by atoms with Crippen molar-refractivity contribution in [2.24, 2.45) is 5.92 Å². The van der Waals surface area contributed by atoms with Gasteiger partial charge in [-0.15, -0.1) is 0 Å². The summed E-state index contributed by atoms with van der Waals surface area (Å²) < 4.78 is 0. The molecular formula is C13H24. The summed E-state index contributed by atoms with van der Waals surface area (Å²) in [6.45, 7) is 8.89. The summed E-state index contributed by atoms with van der Waals surface area (Å²) in [6.07, 6.45) is 11.9. The summed E-state index contributed by atoms with van der Waals surface area (Å²) in [5.41, 5.74) is 1.51. The molecule has 0 heteroatoms. The lowest BCUT2D eigenvalue weighted by atomic mass is 10.1. The first kappa shape index (κ1) is 12.5. The largest absolute Gasteiger partial charge is 0.0817 e. The van der Waals surface area contributed by atoms with E-state index in [2.05, 4.69) is 45.9 Å². The van der Waals surface area contributed by atoms with Gasteiger partial charge in [0, 0.05) is 0 Å². The monoisotopic (exact) mass is 180 g/mol. The molecule has 0 aliphatic rings. The second kappa shape index (κ2) is 8.10. The topological polar surface area (TPSA) is 0 Å². The minimum atomic E-state index is 0.668. The zero-order valence-electron chi connectivity index (χ0n) is 9.64. The molecule has 0 amide bonds. The van der Waals surface area contributed by atoms with E-state index in [1.54, 1.807) is 0 Å². The van der Waals surface area contributed by atoms with Crippen LogP contribution in [0.1, 0.15) is 53.4 Å². The SMILES string of the molecule is CC/C=C(\C=C/C(C)C)CCCC. The average molecular weight is 180 g/mol. The maximum atomic E-state index is 2.34. The van der Waals surface area contributed by atoms with E-state index in [0.717, 1.165) is 6.42 Å². The van der Waals surface area contributed by atoms with E-state index < -0.39 is 0 Å². The molecule has 0 rings (SSSR count). The molecule has 0 aromatic carbocycles. The average Bonchev–Trinajstić information content (AvgIpc) is 2.09. The molecule has 0 unspecified atom stereocenters. The van der Waals surface area contributed by atoms with Crippen LogP contribution in [-0.2, 0) is 0 Å². The number of hydrogen-bond acceptors (Lipinski definition) is 0. The van der Waals surface area contributed by atoms with Crippen LogP contribution in [0, 0.1) is 5.92 Å². The molecule has 0 saturated carbocycles. The molecule has 0 bridgehead atoms. The van der Waals surface area contributed by atoms with Gasteiger partial charge < -0.3 is 0 Å². The van der Waals surface area contributed by atoms with Crippen molar-refractivity contribution in [3.05, 3.63) is 23.8 Å². The minimum absolute atomic E-state index is 0.668. The van der Waals surface area contributed by atoms with E-state index in [1.807, 2.05) is 0 Å². The van der Waals surface area contributed by atoms with E-state index in [-0.39, 0.29) is 0 Å². The van der Waals surface area contributed by atoms with E-state index >= 15 is 0 Å². The van der Waals surface area contributed by atoms with Crippen molar-refractivity contribution in [1.82, 2.24) is 0 Å². The third kappa shape index (κ3) is 7.83. The second-order valence-electron chi connectivity index (χ2n) is 3.89. The van der Waals surface area contributed by atoms with Crippen LogP contribution in [0.15, 0.2) is 23.8 Å². The molecule has 0 heterocycles. The summed E-state index contributed by atoms with van der Waals surface area (Å²) in [5, 5.41) is 0. The van der Waals surface area contributed by atoms with Gasteiger partial charge in [0.15, 0.2) is 0 Å². The van der Waals surface area contributed by atoms with Crippen LogP contribution >= 0.6 is 0 Å². The molecule has 0 fully saturated rings. The first-order valence-electron chi connectivity index (χ1n) is 5.57. The first-order valence-corrected chi connectivity index (χ1v) is 5.57. The Balaban J connectivity index is 4.02. The Hall–Kier alpha value is -0.520. The van der Waals surface area contributed by atoms with Crippen LogP contribution in [0.5, 0.6) is 0 Å². The predicted octanol–water partition coefficient (Wildman–Crippen LogP) is 4.73. The summed E-state index contributed by atoms with van der Waals surface area (Å²) in [4.78, 5) is 0. The van der Waals surface area contributed by atoms with Crippen molar-refractivity contribution < 1.29 is 0 Å². The molecule has 0 spiro atoms. The summed E-state index contributed by atoms with van der Waals surface area (Å²) in [6, 6.07) is 0. The molecule has 0 aliphatic heterocycles. The van der Waals surface area contributed by atoms with E-state index in [0.29, 0.717) is 5.92 Å². The Morgan fingerprint density at radius 1 is 1.23 bits per heavy atom. The van der Waals surface area contributed by atoms with Gasteiger partial charge in [-0.1, -0.05) is 57.9 Å². The van der Waals surface area contributed by atoms with E-state index in [9.17, 15) is 0 Å². The standard InChI is InChI=1S/C13H24/c1-5-7-9-13(8-6-2)11-10-12(3)4/h8,10-12H,5-7,9H2,1-4H3/b11-10-,13-8-. The Bertz CT molecular complexity index is 161. The van der Waals surface area contributed by atoms with Gasteiger partial charge in [-0.05, 0) is 25.2 Å². The van der Waals surface area contributed by atoms with E-state index in [1.165, 1.54) is 24.8 Å². The van der Waals surface area contributed by atoms with E-state index in [4.69, 9.17) is 0 Å². The van der Waals surface area contributed by atoms with Gasteiger partial charge in [0.25, 0.3) is 0 Å². The summed E-state index contributed by atoms with van der Waals surface area (Å²) >= 11 is 0. The highest BCUT2D eigenvalue weighted by Gasteiger charge is 1.92.